The number of nitrogens with zero attached hydrogens (tertiary/aromatic N) is 1. The first-order valence-corrected chi connectivity index (χ1v) is 7.25. The quantitative estimate of drug-likeness (QED) is 0.887. The first kappa shape index (κ1) is 13.4. The highest BCUT2D eigenvalue weighted by atomic mass is 79.9. The topological polar surface area (TPSA) is 54.0 Å². The van der Waals surface area contributed by atoms with Gasteiger partial charge in [-0.1, -0.05) is 11.6 Å². The number of carbonyl (C=O) groups is 1. The normalized spacial score (nSPS) is 13.0. The summed E-state index contributed by atoms with van der Waals surface area (Å²) in [6.07, 6.45) is 2.15. The summed E-state index contributed by atoms with van der Waals surface area (Å²) < 4.78 is 0.946. The van der Waals surface area contributed by atoms with E-state index in [1.165, 1.54) is 0 Å². The fourth-order valence-corrected chi connectivity index (χ4v) is 2.55. The number of benzene rings is 1. The Balaban J connectivity index is 1.76. The van der Waals surface area contributed by atoms with E-state index in [1.807, 2.05) is 18.2 Å². The Morgan fingerprint density at radius 3 is 3.00 bits per heavy atom. The summed E-state index contributed by atoms with van der Waals surface area (Å²) in [5, 5.41) is 6.61. The molecular weight excluding hydrogens is 342 g/mol. The molecule has 1 aliphatic heterocycles. The number of amides is 1. The molecule has 0 aliphatic carbocycles. The number of aromatic nitrogens is 1. The van der Waals surface area contributed by atoms with Crippen LogP contribution in [0.25, 0.3) is 0 Å². The van der Waals surface area contributed by atoms with Crippen molar-refractivity contribution in [3.05, 3.63) is 51.2 Å². The number of halogens is 2. The SMILES string of the molecule is O=C1Cc2cc(NCc3ccc(Br)cn3)c(Cl)cc2N1. The maximum atomic E-state index is 11.3. The van der Waals surface area contributed by atoms with Crippen LogP contribution >= 0.6 is 27.5 Å². The molecule has 1 aromatic heterocycles. The molecule has 0 spiro atoms. The van der Waals surface area contributed by atoms with E-state index < -0.39 is 0 Å². The molecule has 4 nitrogen and oxygen atoms in total. The Morgan fingerprint density at radius 2 is 2.25 bits per heavy atom. The van der Waals surface area contributed by atoms with Crippen molar-refractivity contribution < 1.29 is 4.79 Å². The smallest absolute Gasteiger partial charge is 0.228 e. The molecule has 0 saturated carbocycles. The number of rotatable bonds is 3. The number of pyridine rings is 1. The minimum atomic E-state index is 0.00259. The highest BCUT2D eigenvalue weighted by Gasteiger charge is 2.19. The lowest BCUT2D eigenvalue weighted by Gasteiger charge is -2.10. The second-order valence-corrected chi connectivity index (χ2v) is 5.86. The zero-order valence-electron chi connectivity index (χ0n) is 10.4. The molecule has 0 unspecified atom stereocenters. The van der Waals surface area contributed by atoms with Crippen LogP contribution in [0, 0.1) is 0 Å². The molecule has 1 aliphatic rings. The van der Waals surface area contributed by atoms with E-state index in [9.17, 15) is 4.79 Å². The molecule has 0 atom stereocenters. The Hall–Kier alpha value is -1.59. The summed E-state index contributed by atoms with van der Waals surface area (Å²) in [6.45, 7) is 0.577. The van der Waals surface area contributed by atoms with Crippen LogP contribution in [0.3, 0.4) is 0 Å². The third-order valence-corrected chi connectivity index (χ3v) is 3.85. The number of hydrogen-bond donors (Lipinski definition) is 2. The molecule has 0 bridgehead atoms. The molecule has 0 fully saturated rings. The standard InChI is InChI=1S/C14H11BrClN3O/c15-9-1-2-10(17-6-9)7-18-13-3-8-4-14(20)19-12(8)5-11(13)16/h1-3,5-6,18H,4,7H2,(H,19,20). The van der Waals surface area contributed by atoms with E-state index >= 15 is 0 Å². The first-order valence-electron chi connectivity index (χ1n) is 6.08. The predicted octanol–water partition coefficient (Wildman–Crippen LogP) is 3.60. The van der Waals surface area contributed by atoms with Gasteiger partial charge in [0, 0.05) is 16.4 Å². The Kier molecular flexibility index (Phi) is 3.63. The van der Waals surface area contributed by atoms with Crippen molar-refractivity contribution in [2.24, 2.45) is 0 Å². The summed E-state index contributed by atoms with van der Waals surface area (Å²) in [6, 6.07) is 7.56. The van der Waals surface area contributed by atoms with Gasteiger partial charge in [0.2, 0.25) is 5.91 Å². The summed E-state index contributed by atoms with van der Waals surface area (Å²) >= 11 is 9.55. The van der Waals surface area contributed by atoms with Gasteiger partial charge in [0.05, 0.1) is 29.4 Å². The monoisotopic (exact) mass is 351 g/mol. The molecular formula is C14H11BrClN3O. The average molecular weight is 353 g/mol. The van der Waals surface area contributed by atoms with Crippen LogP contribution in [0.4, 0.5) is 11.4 Å². The van der Waals surface area contributed by atoms with Gasteiger partial charge < -0.3 is 10.6 Å². The Labute approximate surface area is 129 Å². The van der Waals surface area contributed by atoms with Crippen molar-refractivity contribution in [1.29, 1.82) is 0 Å². The third kappa shape index (κ3) is 2.78. The Morgan fingerprint density at radius 1 is 1.40 bits per heavy atom. The predicted molar refractivity (Wildman–Crippen MR) is 83.0 cm³/mol. The molecule has 102 valence electrons. The van der Waals surface area contributed by atoms with Crippen LogP contribution in [-0.4, -0.2) is 10.9 Å². The fourth-order valence-electron chi connectivity index (χ4n) is 2.08. The zero-order valence-corrected chi connectivity index (χ0v) is 12.8. The molecule has 2 aromatic rings. The van der Waals surface area contributed by atoms with Crippen LogP contribution in [0.1, 0.15) is 11.3 Å². The number of anilines is 2. The van der Waals surface area contributed by atoms with Gasteiger partial charge in [-0.3, -0.25) is 9.78 Å². The van der Waals surface area contributed by atoms with Crippen molar-refractivity contribution in [2.75, 3.05) is 10.6 Å². The van der Waals surface area contributed by atoms with Gasteiger partial charge in [-0.2, -0.15) is 0 Å². The molecule has 20 heavy (non-hydrogen) atoms. The van der Waals surface area contributed by atoms with Gasteiger partial charge in [-0.25, -0.2) is 0 Å². The lowest BCUT2D eigenvalue weighted by atomic mass is 10.1. The van der Waals surface area contributed by atoms with Crippen molar-refractivity contribution in [3.63, 3.8) is 0 Å². The van der Waals surface area contributed by atoms with Crippen LogP contribution in [-0.2, 0) is 17.8 Å². The van der Waals surface area contributed by atoms with Gasteiger partial charge in [0.15, 0.2) is 0 Å². The van der Waals surface area contributed by atoms with Gasteiger partial charge >= 0.3 is 0 Å². The van der Waals surface area contributed by atoms with E-state index in [0.717, 1.165) is 27.1 Å². The minimum absolute atomic E-state index is 0.00259. The van der Waals surface area contributed by atoms with E-state index in [-0.39, 0.29) is 5.91 Å². The van der Waals surface area contributed by atoms with Gasteiger partial charge in [-0.05, 0) is 45.8 Å². The molecule has 6 heteroatoms. The molecule has 0 radical (unpaired) electrons. The maximum absolute atomic E-state index is 11.3. The van der Waals surface area contributed by atoms with Crippen LogP contribution < -0.4 is 10.6 Å². The first-order chi connectivity index (χ1) is 9.61. The average Bonchev–Trinajstić information content (AvgIpc) is 2.77. The van der Waals surface area contributed by atoms with E-state index in [2.05, 4.69) is 31.5 Å². The van der Waals surface area contributed by atoms with Gasteiger partial charge in [-0.15, -0.1) is 0 Å². The second-order valence-electron chi connectivity index (χ2n) is 4.54. The Bertz CT molecular complexity index is 673. The van der Waals surface area contributed by atoms with E-state index in [4.69, 9.17) is 11.6 Å². The number of nitrogens with one attached hydrogen (secondary N) is 2. The summed E-state index contributed by atoms with van der Waals surface area (Å²) in [4.78, 5) is 15.6. The largest absolute Gasteiger partial charge is 0.378 e. The molecule has 2 heterocycles. The number of carbonyl (C=O) groups excluding carboxylic acids is 1. The van der Waals surface area contributed by atoms with Crippen molar-refractivity contribution >= 4 is 44.8 Å². The maximum Gasteiger partial charge on any atom is 0.228 e. The van der Waals surface area contributed by atoms with E-state index in [0.29, 0.717) is 18.0 Å². The molecule has 2 N–H and O–H groups in total. The van der Waals surface area contributed by atoms with Gasteiger partial charge in [0.25, 0.3) is 0 Å². The lowest BCUT2D eigenvalue weighted by molar-refractivity contribution is -0.115. The summed E-state index contributed by atoms with van der Waals surface area (Å²) in [7, 11) is 0. The van der Waals surface area contributed by atoms with Crippen LogP contribution in [0.5, 0.6) is 0 Å². The van der Waals surface area contributed by atoms with Crippen molar-refractivity contribution in [1.82, 2.24) is 4.98 Å². The zero-order chi connectivity index (χ0) is 14.1. The highest BCUT2D eigenvalue weighted by molar-refractivity contribution is 9.10. The molecule has 3 rings (SSSR count). The van der Waals surface area contributed by atoms with Crippen molar-refractivity contribution in [3.8, 4) is 0 Å². The second kappa shape index (κ2) is 5.42. The van der Waals surface area contributed by atoms with Crippen LogP contribution in [0.15, 0.2) is 34.9 Å². The van der Waals surface area contributed by atoms with Gasteiger partial charge in [0.1, 0.15) is 0 Å². The van der Waals surface area contributed by atoms with Crippen LogP contribution in [0.2, 0.25) is 5.02 Å². The third-order valence-electron chi connectivity index (χ3n) is 3.07. The summed E-state index contributed by atoms with van der Waals surface area (Å²) in [5.74, 6) is 0.00259. The minimum Gasteiger partial charge on any atom is -0.378 e. The van der Waals surface area contributed by atoms with Crippen molar-refractivity contribution in [2.45, 2.75) is 13.0 Å². The highest BCUT2D eigenvalue weighted by Crippen LogP contribution is 2.33. The molecule has 0 saturated heterocycles. The number of fused-ring (bicyclic) bond motifs is 1. The lowest BCUT2D eigenvalue weighted by Crippen LogP contribution is -2.03. The summed E-state index contributed by atoms with van der Waals surface area (Å²) in [5.41, 5.74) is 3.49. The van der Waals surface area contributed by atoms with E-state index in [1.54, 1.807) is 12.3 Å². The number of hydrogen-bond acceptors (Lipinski definition) is 3. The molecule has 1 amide bonds. The fraction of sp³-hybridized carbons (Fsp3) is 0.143. The molecule has 1 aromatic carbocycles.